The van der Waals surface area contributed by atoms with Gasteiger partial charge in [-0.15, -0.1) is 0 Å². The zero-order valence-corrected chi connectivity index (χ0v) is 19.0. The zero-order valence-electron chi connectivity index (χ0n) is 19.0. The largest absolute Gasteiger partial charge is 0.444 e. The van der Waals surface area contributed by atoms with Crippen LogP contribution in [0.15, 0.2) is 24.3 Å². The van der Waals surface area contributed by atoms with Crippen LogP contribution in [0.1, 0.15) is 61.3 Å². The summed E-state index contributed by atoms with van der Waals surface area (Å²) in [6.07, 6.45) is -2.23. The predicted molar refractivity (Wildman–Crippen MR) is 117 cm³/mol. The molecular weight excluding hydrogens is 416 g/mol. The number of imide groups is 1. The van der Waals surface area contributed by atoms with E-state index in [-0.39, 0.29) is 17.7 Å². The third-order valence-electron chi connectivity index (χ3n) is 5.55. The topological polar surface area (TPSA) is 140 Å². The average molecular weight is 449 g/mol. The van der Waals surface area contributed by atoms with Gasteiger partial charge in [-0.05, 0) is 38.8 Å². The number of fused-ring (bicyclic) bond motifs is 1. The predicted octanol–water partition coefficient (Wildman–Crippen LogP) is 2.03. The first kappa shape index (κ1) is 25.1. The van der Waals surface area contributed by atoms with Crippen LogP contribution in [0, 0.1) is 0 Å². The van der Waals surface area contributed by atoms with E-state index >= 15 is 0 Å². The molecule has 10 nitrogen and oxygen atoms in total. The number of alkyl carbamates (subject to hydrolysis) is 2. The van der Waals surface area contributed by atoms with E-state index in [0.29, 0.717) is 25.9 Å². The highest BCUT2D eigenvalue weighted by molar-refractivity contribution is 6.22. The fraction of sp³-hybridized carbons (Fsp3) is 0.545. The normalized spacial score (nSPS) is 16.6. The number of carbonyl (C=O) groups is 4. The lowest BCUT2D eigenvalue weighted by Crippen LogP contribution is -2.69. The summed E-state index contributed by atoms with van der Waals surface area (Å²) >= 11 is 0. The van der Waals surface area contributed by atoms with E-state index < -0.39 is 41.7 Å². The molecule has 0 radical (unpaired) electrons. The standard InChI is InChI=1S/C22H32N4O6/c1-5-11-24-20(29)31-14(3)22(13-23,15(4)32-21(30)25-12-6-2)26-18(27)16-9-7-8-10-17(16)19(26)28/h7-10,14-15H,5-6,11-13,23H2,1-4H3,(H,24,29)(H,25,30). The number of hydrogen-bond donors (Lipinski definition) is 3. The Kier molecular flexibility index (Phi) is 8.59. The monoisotopic (exact) mass is 448 g/mol. The lowest BCUT2D eigenvalue weighted by atomic mass is 9.85. The molecule has 0 aromatic heterocycles. The van der Waals surface area contributed by atoms with E-state index in [4.69, 9.17) is 15.2 Å². The summed E-state index contributed by atoms with van der Waals surface area (Å²) in [5.41, 5.74) is 4.91. The molecule has 0 saturated carbocycles. The van der Waals surface area contributed by atoms with Crippen molar-refractivity contribution in [1.29, 1.82) is 0 Å². The van der Waals surface area contributed by atoms with Crippen LogP contribution in [0.5, 0.6) is 0 Å². The summed E-state index contributed by atoms with van der Waals surface area (Å²) in [6.45, 7) is 7.29. The Labute approximate surface area is 187 Å². The highest BCUT2D eigenvalue weighted by Gasteiger charge is 2.57. The molecule has 4 N–H and O–H groups in total. The fourth-order valence-electron chi connectivity index (χ4n) is 3.75. The van der Waals surface area contributed by atoms with Crippen LogP contribution >= 0.6 is 0 Å². The van der Waals surface area contributed by atoms with Crippen LogP contribution < -0.4 is 16.4 Å². The van der Waals surface area contributed by atoms with Crippen LogP contribution in [0.25, 0.3) is 0 Å². The zero-order chi connectivity index (χ0) is 23.9. The van der Waals surface area contributed by atoms with Gasteiger partial charge < -0.3 is 25.8 Å². The van der Waals surface area contributed by atoms with Crippen LogP contribution in [0.2, 0.25) is 0 Å². The Morgan fingerprint density at radius 1 is 0.938 bits per heavy atom. The highest BCUT2D eigenvalue weighted by atomic mass is 16.6. The van der Waals surface area contributed by atoms with Crippen molar-refractivity contribution in [3.8, 4) is 0 Å². The Bertz CT molecular complexity index is 796. The molecular formula is C22H32N4O6. The number of rotatable bonds is 10. The lowest BCUT2D eigenvalue weighted by Gasteiger charge is -2.46. The molecule has 4 amide bonds. The van der Waals surface area contributed by atoms with Gasteiger partial charge in [0.1, 0.15) is 17.7 Å². The van der Waals surface area contributed by atoms with Gasteiger partial charge in [0.05, 0.1) is 11.1 Å². The minimum absolute atomic E-state index is 0.209. The van der Waals surface area contributed by atoms with Crippen molar-refractivity contribution in [3.05, 3.63) is 35.4 Å². The number of carbonyl (C=O) groups excluding carboxylic acids is 4. The molecule has 2 atom stereocenters. The maximum absolute atomic E-state index is 13.3. The summed E-state index contributed by atoms with van der Waals surface area (Å²) in [6, 6.07) is 6.37. The number of nitrogens with one attached hydrogen (secondary N) is 2. The van der Waals surface area contributed by atoms with Crippen molar-refractivity contribution >= 4 is 24.0 Å². The molecule has 0 bridgehead atoms. The first-order valence-corrected chi connectivity index (χ1v) is 10.8. The van der Waals surface area contributed by atoms with E-state index in [1.165, 1.54) is 26.0 Å². The minimum atomic E-state index is -1.64. The summed E-state index contributed by atoms with van der Waals surface area (Å²) < 4.78 is 11.0. The number of hydrogen-bond acceptors (Lipinski definition) is 7. The molecule has 10 heteroatoms. The molecule has 2 unspecified atom stereocenters. The van der Waals surface area contributed by atoms with Gasteiger partial charge in [-0.2, -0.15) is 0 Å². The number of nitrogens with two attached hydrogens (primary N) is 1. The molecule has 2 rings (SSSR count). The van der Waals surface area contributed by atoms with E-state index in [9.17, 15) is 19.2 Å². The van der Waals surface area contributed by atoms with Gasteiger partial charge in [-0.3, -0.25) is 14.5 Å². The van der Waals surface area contributed by atoms with Crippen molar-refractivity contribution in [2.45, 2.75) is 58.3 Å². The summed E-state index contributed by atoms with van der Waals surface area (Å²) in [7, 11) is 0. The maximum atomic E-state index is 13.3. The van der Waals surface area contributed by atoms with Gasteiger partial charge in [0, 0.05) is 19.6 Å². The Morgan fingerprint density at radius 2 is 1.34 bits per heavy atom. The molecule has 0 aliphatic carbocycles. The molecule has 0 saturated heterocycles. The summed E-state index contributed by atoms with van der Waals surface area (Å²) in [5, 5.41) is 5.17. The quantitative estimate of drug-likeness (QED) is 0.465. The van der Waals surface area contributed by atoms with Crippen LogP contribution in [-0.2, 0) is 9.47 Å². The molecule has 1 heterocycles. The Morgan fingerprint density at radius 3 is 1.69 bits per heavy atom. The Hall–Kier alpha value is -3.14. The molecule has 1 aromatic rings. The number of amides is 4. The molecule has 176 valence electrons. The average Bonchev–Trinajstić information content (AvgIpc) is 3.03. The highest BCUT2D eigenvalue weighted by Crippen LogP contribution is 2.35. The van der Waals surface area contributed by atoms with Gasteiger partial charge in [0.2, 0.25) is 0 Å². The second-order valence-corrected chi connectivity index (χ2v) is 7.64. The fourth-order valence-corrected chi connectivity index (χ4v) is 3.75. The second-order valence-electron chi connectivity index (χ2n) is 7.64. The van der Waals surface area contributed by atoms with Gasteiger partial charge in [-0.1, -0.05) is 26.0 Å². The molecule has 1 aromatic carbocycles. The van der Waals surface area contributed by atoms with E-state index in [1.54, 1.807) is 12.1 Å². The Balaban J connectivity index is 2.46. The molecule has 0 spiro atoms. The first-order chi connectivity index (χ1) is 15.2. The third kappa shape index (κ3) is 4.85. The molecule has 1 aliphatic rings. The molecule has 1 aliphatic heterocycles. The first-order valence-electron chi connectivity index (χ1n) is 10.8. The van der Waals surface area contributed by atoms with E-state index in [1.807, 2.05) is 13.8 Å². The number of benzene rings is 1. The maximum Gasteiger partial charge on any atom is 0.407 e. The van der Waals surface area contributed by atoms with Crippen molar-refractivity contribution in [2.24, 2.45) is 5.73 Å². The van der Waals surface area contributed by atoms with E-state index in [0.717, 1.165) is 4.90 Å². The van der Waals surface area contributed by atoms with Gasteiger partial charge in [0.15, 0.2) is 0 Å². The van der Waals surface area contributed by atoms with Crippen molar-refractivity contribution in [1.82, 2.24) is 15.5 Å². The lowest BCUT2D eigenvalue weighted by molar-refractivity contribution is -0.0687. The van der Waals surface area contributed by atoms with Crippen molar-refractivity contribution < 1.29 is 28.7 Å². The van der Waals surface area contributed by atoms with Crippen molar-refractivity contribution in [2.75, 3.05) is 19.6 Å². The van der Waals surface area contributed by atoms with Gasteiger partial charge in [-0.25, -0.2) is 9.59 Å². The summed E-state index contributed by atoms with van der Waals surface area (Å²) in [4.78, 5) is 52.1. The third-order valence-corrected chi connectivity index (χ3v) is 5.55. The van der Waals surface area contributed by atoms with Crippen LogP contribution in [-0.4, -0.2) is 66.3 Å². The van der Waals surface area contributed by atoms with Crippen molar-refractivity contribution in [3.63, 3.8) is 0 Å². The van der Waals surface area contributed by atoms with Crippen LogP contribution in [0.3, 0.4) is 0 Å². The van der Waals surface area contributed by atoms with Gasteiger partial charge >= 0.3 is 12.2 Å². The van der Waals surface area contributed by atoms with Gasteiger partial charge in [0.25, 0.3) is 11.8 Å². The molecule has 0 fully saturated rings. The van der Waals surface area contributed by atoms with E-state index in [2.05, 4.69) is 10.6 Å². The smallest absolute Gasteiger partial charge is 0.407 e. The second kappa shape index (κ2) is 10.9. The minimum Gasteiger partial charge on any atom is -0.444 e. The SMILES string of the molecule is CCCNC(=O)OC(C)C(CN)(C(C)OC(=O)NCCC)N1C(=O)c2ccccc2C1=O. The van der Waals surface area contributed by atoms with Crippen LogP contribution in [0.4, 0.5) is 9.59 Å². The molecule has 32 heavy (non-hydrogen) atoms. The summed E-state index contributed by atoms with van der Waals surface area (Å²) in [5.74, 6) is -1.19. The number of nitrogens with zero attached hydrogens (tertiary/aromatic N) is 1. The number of ether oxygens (including phenoxy) is 2.